The van der Waals surface area contributed by atoms with Gasteiger partial charge in [0.05, 0.1) is 28.6 Å². The van der Waals surface area contributed by atoms with E-state index in [4.69, 9.17) is 11.0 Å². The van der Waals surface area contributed by atoms with E-state index in [0.717, 1.165) is 18.2 Å². The van der Waals surface area contributed by atoms with Crippen LogP contribution < -0.4 is 9.47 Å². The SMILES string of the molecule is [2H]C(=C([2H])[N+](=O)[O-])c1ccc(OC([2H])([2H])[2H])c(OC([2H])([2H])[2H])c1. The summed E-state index contributed by atoms with van der Waals surface area (Å²) in [7, 11) is -5.82. The van der Waals surface area contributed by atoms with Gasteiger partial charge in [-0.25, -0.2) is 0 Å². The fourth-order valence-electron chi connectivity index (χ4n) is 0.860. The van der Waals surface area contributed by atoms with E-state index in [1.165, 1.54) is 0 Å². The molecule has 0 unspecified atom stereocenters. The van der Waals surface area contributed by atoms with Crippen molar-refractivity contribution in [3.05, 3.63) is 40.1 Å². The maximum Gasteiger partial charge on any atom is 0.235 e. The molecule has 5 heteroatoms. The first-order valence-electron chi connectivity index (χ1n) is 7.64. The Morgan fingerprint density at radius 3 is 2.87 bits per heavy atom. The number of nitro groups is 1. The molecule has 0 saturated heterocycles. The van der Waals surface area contributed by atoms with Crippen LogP contribution in [0.15, 0.2) is 24.4 Å². The van der Waals surface area contributed by atoms with Gasteiger partial charge >= 0.3 is 0 Å². The molecule has 0 heterocycles. The van der Waals surface area contributed by atoms with Crippen molar-refractivity contribution < 1.29 is 25.4 Å². The molecule has 15 heavy (non-hydrogen) atoms. The van der Waals surface area contributed by atoms with Gasteiger partial charge in [-0.2, -0.15) is 0 Å². The topological polar surface area (TPSA) is 61.6 Å². The fraction of sp³-hybridized carbons (Fsp3) is 0.200. The van der Waals surface area contributed by atoms with E-state index in [1.54, 1.807) is 0 Å². The summed E-state index contributed by atoms with van der Waals surface area (Å²) in [6, 6.07) is 2.15. The molecule has 0 aliphatic heterocycles. The summed E-state index contributed by atoms with van der Waals surface area (Å²) < 4.78 is 66.0. The monoisotopic (exact) mass is 217 g/mol. The minimum atomic E-state index is -2.94. The van der Waals surface area contributed by atoms with Crippen LogP contribution in [0.3, 0.4) is 0 Å². The maximum absolute atomic E-state index is 10.5. The van der Waals surface area contributed by atoms with E-state index < -0.39 is 42.7 Å². The van der Waals surface area contributed by atoms with E-state index in [9.17, 15) is 10.1 Å². The highest BCUT2D eigenvalue weighted by atomic mass is 16.6. The summed E-state index contributed by atoms with van der Waals surface area (Å²) in [6.07, 6.45) is -1.21. The van der Waals surface area contributed by atoms with Crippen LogP contribution in [0.2, 0.25) is 0 Å². The molecule has 1 aromatic carbocycles. The maximum atomic E-state index is 10.5. The molecule has 0 aromatic heterocycles. The summed E-state index contributed by atoms with van der Waals surface area (Å²) in [4.78, 5) is 9.40. The number of hydrogen-bond donors (Lipinski definition) is 0. The van der Waals surface area contributed by atoms with Crippen molar-refractivity contribution >= 4 is 6.05 Å². The molecule has 0 amide bonds. The molecule has 0 atom stereocenters. The van der Waals surface area contributed by atoms with Crippen molar-refractivity contribution in [2.75, 3.05) is 14.1 Å². The Labute approximate surface area is 98.3 Å². The zero-order chi connectivity index (χ0) is 18.0. The highest BCUT2D eigenvalue weighted by Gasteiger charge is 2.02. The molecule has 0 aliphatic carbocycles. The summed E-state index contributed by atoms with van der Waals surface area (Å²) in [6.45, 7) is 0. The molecule has 0 fully saturated rings. The molecular weight excluding hydrogens is 198 g/mol. The van der Waals surface area contributed by atoms with Crippen molar-refractivity contribution in [3.8, 4) is 11.5 Å². The third-order valence-corrected chi connectivity index (χ3v) is 1.46. The molecule has 0 N–H and O–H groups in total. The van der Waals surface area contributed by atoms with E-state index in [0.29, 0.717) is 0 Å². The van der Waals surface area contributed by atoms with Crippen LogP contribution in [0, 0.1) is 10.1 Å². The summed E-state index contributed by atoms with van der Waals surface area (Å²) in [5.74, 6) is -0.982. The van der Waals surface area contributed by atoms with Crippen LogP contribution in [0.1, 0.15) is 16.5 Å². The third-order valence-electron chi connectivity index (χ3n) is 1.46. The van der Waals surface area contributed by atoms with Gasteiger partial charge in [-0.1, -0.05) is 6.07 Å². The molecule has 1 rings (SSSR count). The first-order chi connectivity index (χ1) is 10.3. The second kappa shape index (κ2) is 4.99. The minimum absolute atomic E-state index is 0.205. The number of rotatable bonds is 4. The zero-order valence-electron chi connectivity index (χ0n) is 15.3. The number of ether oxygens (including phenoxy) is 2. The van der Waals surface area contributed by atoms with Gasteiger partial charge in [0, 0.05) is 6.05 Å². The summed E-state index contributed by atoms with van der Waals surface area (Å²) >= 11 is 0. The Morgan fingerprint density at radius 1 is 1.47 bits per heavy atom. The highest BCUT2D eigenvalue weighted by molar-refractivity contribution is 5.55. The molecule has 1 aromatic rings. The van der Waals surface area contributed by atoms with Crippen molar-refractivity contribution in [1.29, 1.82) is 0 Å². The average Bonchev–Trinajstić information content (AvgIpc) is 2.35. The van der Waals surface area contributed by atoms with Crippen molar-refractivity contribution in [2.24, 2.45) is 0 Å². The van der Waals surface area contributed by atoms with Gasteiger partial charge in [-0.15, -0.1) is 0 Å². The van der Waals surface area contributed by atoms with Gasteiger partial charge in [-0.3, -0.25) is 10.1 Å². The quantitative estimate of drug-likeness (QED) is 0.571. The lowest BCUT2D eigenvalue weighted by molar-refractivity contribution is -0.400. The Kier molecular flexibility index (Phi) is 1.41. The highest BCUT2D eigenvalue weighted by Crippen LogP contribution is 2.27. The van der Waals surface area contributed by atoms with Crippen molar-refractivity contribution in [1.82, 2.24) is 0 Å². The van der Waals surface area contributed by atoms with Crippen molar-refractivity contribution in [2.45, 2.75) is 0 Å². The second-order valence-electron chi connectivity index (χ2n) is 2.36. The minimum Gasteiger partial charge on any atom is -0.493 e. The Hall–Kier alpha value is -2.04. The van der Waals surface area contributed by atoms with Crippen LogP contribution in [0.25, 0.3) is 6.05 Å². The number of benzene rings is 1. The zero-order valence-corrected chi connectivity index (χ0v) is 7.31. The lowest BCUT2D eigenvalue weighted by atomic mass is 10.2. The predicted molar refractivity (Wildman–Crippen MR) is 55.6 cm³/mol. The largest absolute Gasteiger partial charge is 0.493 e. The van der Waals surface area contributed by atoms with Gasteiger partial charge in [0.1, 0.15) is 1.37 Å². The van der Waals surface area contributed by atoms with Crippen LogP contribution in [0.5, 0.6) is 11.5 Å². The summed E-state index contributed by atoms with van der Waals surface area (Å²) in [5, 5.41) is 10.5. The van der Waals surface area contributed by atoms with Gasteiger partial charge in [-0.05, 0) is 17.7 Å². The van der Waals surface area contributed by atoms with Crippen LogP contribution in [-0.4, -0.2) is 19.0 Å². The van der Waals surface area contributed by atoms with Gasteiger partial charge < -0.3 is 9.47 Å². The third kappa shape index (κ3) is 2.98. The van der Waals surface area contributed by atoms with Gasteiger partial charge in [0.15, 0.2) is 11.5 Å². The van der Waals surface area contributed by atoms with E-state index >= 15 is 0 Å². The Morgan fingerprint density at radius 2 is 2.20 bits per heavy atom. The first kappa shape index (κ1) is 4.22. The molecule has 0 saturated carbocycles. The van der Waals surface area contributed by atoms with Crippen molar-refractivity contribution in [3.63, 3.8) is 0 Å². The standard InChI is InChI=1S/C10H11NO4/c1-14-9-4-3-8(5-6-11(12)13)7-10(9)15-2/h3-7H,1-2H3/i1D3,2D3,5D,6D. The lowest BCUT2D eigenvalue weighted by Crippen LogP contribution is -1.90. The molecular formula is C10H11NO4. The smallest absolute Gasteiger partial charge is 0.235 e. The number of hydrogen-bond acceptors (Lipinski definition) is 4. The predicted octanol–water partition coefficient (Wildman–Crippen LogP) is 1.95. The van der Waals surface area contributed by atoms with E-state index in [-0.39, 0.29) is 5.56 Å². The average molecular weight is 217 g/mol. The van der Waals surface area contributed by atoms with Crippen LogP contribution in [0.4, 0.5) is 0 Å². The molecule has 0 aliphatic rings. The lowest BCUT2D eigenvalue weighted by Gasteiger charge is -2.07. The van der Waals surface area contributed by atoms with E-state index in [1.807, 2.05) is 0 Å². The normalized spacial score (nSPS) is 21.1. The van der Waals surface area contributed by atoms with Crippen LogP contribution >= 0.6 is 0 Å². The molecule has 80 valence electrons. The summed E-state index contributed by atoms with van der Waals surface area (Å²) in [5.41, 5.74) is -0.205. The first-order valence-corrected chi connectivity index (χ1v) is 3.64. The second-order valence-corrected chi connectivity index (χ2v) is 2.36. The molecule has 0 radical (unpaired) electrons. The van der Waals surface area contributed by atoms with Gasteiger partial charge in [0.25, 0.3) is 0 Å². The molecule has 0 bridgehead atoms. The van der Waals surface area contributed by atoms with E-state index in [2.05, 4.69) is 9.47 Å². The Balaban J connectivity index is 3.38. The Bertz CT molecular complexity index is 637. The van der Waals surface area contributed by atoms with Crippen LogP contribution in [-0.2, 0) is 0 Å². The van der Waals surface area contributed by atoms with Gasteiger partial charge in [0.2, 0.25) is 6.18 Å². The fourth-order valence-corrected chi connectivity index (χ4v) is 0.860. The number of nitrogens with zero attached hydrogens (tertiary/aromatic N) is 1. The molecule has 0 spiro atoms. The number of methoxy groups -OCH3 is 2. The molecule has 5 nitrogen and oxygen atoms in total.